The van der Waals surface area contributed by atoms with Crippen LogP contribution in [0.2, 0.25) is 5.02 Å². The normalized spacial score (nSPS) is 14.8. The third-order valence-corrected chi connectivity index (χ3v) is 6.89. The van der Waals surface area contributed by atoms with Gasteiger partial charge in [0.1, 0.15) is 0 Å². The largest absolute Gasteiger partial charge is 0.341 e. The lowest BCUT2D eigenvalue weighted by molar-refractivity contribution is 0.0742. The van der Waals surface area contributed by atoms with Crippen molar-refractivity contribution in [2.24, 2.45) is 0 Å². The maximum atomic E-state index is 13.1. The lowest BCUT2D eigenvalue weighted by Gasteiger charge is -2.35. The molecule has 0 N–H and O–H groups in total. The van der Waals surface area contributed by atoms with Crippen molar-refractivity contribution < 1.29 is 22.0 Å². The van der Waals surface area contributed by atoms with E-state index in [1.165, 1.54) is 23.1 Å². The number of rotatable bonds is 5. The Morgan fingerprint density at radius 1 is 1.03 bits per heavy atom. The second-order valence-electron chi connectivity index (χ2n) is 7.16. The molecule has 0 spiro atoms. The number of piperazine rings is 1. The van der Waals surface area contributed by atoms with Crippen LogP contribution in [0.1, 0.15) is 10.4 Å². The second-order valence-corrected chi connectivity index (χ2v) is 9.48. The Morgan fingerprint density at radius 3 is 2.44 bits per heavy atom. The summed E-state index contributed by atoms with van der Waals surface area (Å²) in [6.45, 7) is 1.44. The molecule has 0 radical (unpaired) electrons. The van der Waals surface area contributed by atoms with Gasteiger partial charge < -0.3 is 9.80 Å². The van der Waals surface area contributed by atoms with Crippen LogP contribution in [0.5, 0.6) is 0 Å². The predicted molar refractivity (Wildman–Crippen MR) is 116 cm³/mol. The Hall–Kier alpha value is -2.98. The van der Waals surface area contributed by atoms with Crippen molar-refractivity contribution in [2.45, 2.75) is 10.7 Å². The van der Waals surface area contributed by atoms with E-state index in [-0.39, 0.29) is 18.7 Å². The lowest BCUT2D eigenvalue weighted by Crippen LogP contribution is -2.49. The highest BCUT2D eigenvalue weighted by Gasteiger charge is 2.33. The standard InChI is InChI=1S/C21H19ClF2N4O3S/c22-15-4-3-5-16(14-15)28-9-8-25-21(28)27-12-10-26(11-13-27)19(29)17-6-1-2-7-18(17)32(30,31)20(23)24/h1-9,14,20H,10-13H2. The Morgan fingerprint density at radius 2 is 1.75 bits per heavy atom. The monoisotopic (exact) mass is 480 g/mol. The molecule has 32 heavy (non-hydrogen) atoms. The van der Waals surface area contributed by atoms with E-state index in [0.717, 1.165) is 11.8 Å². The smallest absolute Gasteiger partial charge is 0.338 e. The first kappa shape index (κ1) is 22.2. The number of aromatic nitrogens is 2. The number of amides is 1. The molecule has 3 aromatic rings. The molecule has 1 fully saturated rings. The number of carbonyl (C=O) groups is 1. The summed E-state index contributed by atoms with van der Waals surface area (Å²) < 4.78 is 52.0. The van der Waals surface area contributed by atoms with Gasteiger partial charge in [0.15, 0.2) is 0 Å². The molecular formula is C21H19ClF2N4O3S. The Kier molecular flexibility index (Phi) is 6.16. The van der Waals surface area contributed by atoms with E-state index in [4.69, 9.17) is 11.6 Å². The molecular weight excluding hydrogens is 462 g/mol. The van der Waals surface area contributed by atoms with Crippen LogP contribution in [-0.4, -0.2) is 60.7 Å². The van der Waals surface area contributed by atoms with Crippen molar-refractivity contribution in [3.8, 4) is 5.69 Å². The first-order chi connectivity index (χ1) is 15.3. The number of benzene rings is 2. The second kappa shape index (κ2) is 8.87. The van der Waals surface area contributed by atoms with Crippen molar-refractivity contribution in [1.82, 2.24) is 14.5 Å². The number of anilines is 1. The minimum absolute atomic E-state index is 0.248. The van der Waals surface area contributed by atoms with Gasteiger partial charge in [-0.25, -0.2) is 13.4 Å². The van der Waals surface area contributed by atoms with Gasteiger partial charge in [-0.3, -0.25) is 9.36 Å². The fourth-order valence-corrected chi connectivity index (χ4v) is 4.73. The van der Waals surface area contributed by atoms with Crippen LogP contribution in [-0.2, 0) is 9.84 Å². The number of nitrogens with zero attached hydrogens (tertiary/aromatic N) is 4. The number of hydrogen-bond acceptors (Lipinski definition) is 5. The average Bonchev–Trinajstić information content (AvgIpc) is 3.28. The van der Waals surface area contributed by atoms with Gasteiger partial charge in [0.25, 0.3) is 5.91 Å². The summed E-state index contributed by atoms with van der Waals surface area (Å²) in [7, 11) is -4.89. The van der Waals surface area contributed by atoms with E-state index in [2.05, 4.69) is 4.98 Å². The number of sulfone groups is 1. The Balaban J connectivity index is 1.52. The van der Waals surface area contributed by atoms with Crippen LogP contribution in [0.15, 0.2) is 65.8 Å². The quantitative estimate of drug-likeness (QED) is 0.559. The minimum atomic E-state index is -4.89. The zero-order valence-electron chi connectivity index (χ0n) is 16.7. The van der Waals surface area contributed by atoms with Crippen LogP contribution in [0.4, 0.5) is 14.7 Å². The predicted octanol–water partition coefficient (Wildman–Crippen LogP) is 3.48. The van der Waals surface area contributed by atoms with Gasteiger partial charge in [0.05, 0.1) is 10.5 Å². The molecule has 1 aliphatic heterocycles. The van der Waals surface area contributed by atoms with Gasteiger partial charge >= 0.3 is 5.76 Å². The zero-order chi connectivity index (χ0) is 22.9. The van der Waals surface area contributed by atoms with Crippen molar-refractivity contribution in [2.75, 3.05) is 31.1 Å². The molecule has 1 saturated heterocycles. The molecule has 0 unspecified atom stereocenters. The van der Waals surface area contributed by atoms with E-state index in [1.54, 1.807) is 12.3 Å². The Labute approximate surface area is 188 Å². The SMILES string of the molecule is O=C(c1ccccc1S(=O)(=O)C(F)F)N1CCN(c2nccn2-c2cccc(Cl)c2)CC1. The molecule has 0 bridgehead atoms. The van der Waals surface area contributed by atoms with Gasteiger partial charge in [-0.2, -0.15) is 8.78 Å². The first-order valence-corrected chi connectivity index (χ1v) is 11.7. The molecule has 1 aliphatic rings. The summed E-state index contributed by atoms with van der Waals surface area (Å²) in [6, 6.07) is 12.4. The number of alkyl halides is 2. The van der Waals surface area contributed by atoms with Gasteiger partial charge in [0.2, 0.25) is 15.8 Å². The molecule has 2 heterocycles. The van der Waals surface area contributed by atoms with Gasteiger partial charge in [-0.1, -0.05) is 29.8 Å². The number of hydrogen-bond donors (Lipinski definition) is 0. The summed E-state index contributed by atoms with van der Waals surface area (Å²) in [5, 5.41) is 0.593. The van der Waals surface area contributed by atoms with Crippen LogP contribution >= 0.6 is 11.6 Å². The molecule has 11 heteroatoms. The fraction of sp³-hybridized carbons (Fsp3) is 0.238. The molecule has 0 aliphatic carbocycles. The summed E-state index contributed by atoms with van der Waals surface area (Å²) in [4.78, 5) is 20.2. The van der Waals surface area contributed by atoms with Gasteiger partial charge in [-0.15, -0.1) is 0 Å². The molecule has 1 amide bonds. The average molecular weight is 481 g/mol. The van der Waals surface area contributed by atoms with Crippen molar-refractivity contribution in [3.05, 3.63) is 71.5 Å². The molecule has 168 valence electrons. The number of carbonyl (C=O) groups excluding carboxylic acids is 1. The number of halogens is 3. The molecule has 0 atom stereocenters. The van der Waals surface area contributed by atoms with Crippen LogP contribution in [0.3, 0.4) is 0 Å². The highest BCUT2D eigenvalue weighted by molar-refractivity contribution is 7.91. The maximum absolute atomic E-state index is 13.1. The Bertz CT molecular complexity index is 1240. The van der Waals surface area contributed by atoms with E-state index in [0.29, 0.717) is 24.1 Å². The zero-order valence-corrected chi connectivity index (χ0v) is 18.3. The summed E-state index contributed by atoms with van der Waals surface area (Å²) >= 11 is 6.10. The highest BCUT2D eigenvalue weighted by atomic mass is 35.5. The van der Waals surface area contributed by atoms with Crippen LogP contribution in [0.25, 0.3) is 5.69 Å². The maximum Gasteiger partial charge on any atom is 0.341 e. The third kappa shape index (κ3) is 4.20. The fourth-order valence-electron chi connectivity index (χ4n) is 3.62. The third-order valence-electron chi connectivity index (χ3n) is 5.22. The van der Waals surface area contributed by atoms with Crippen LogP contribution < -0.4 is 4.90 Å². The van der Waals surface area contributed by atoms with Gasteiger partial charge in [-0.05, 0) is 30.3 Å². The summed E-state index contributed by atoms with van der Waals surface area (Å²) in [5.74, 6) is -3.51. The first-order valence-electron chi connectivity index (χ1n) is 9.73. The molecule has 4 rings (SSSR count). The lowest BCUT2D eigenvalue weighted by atomic mass is 10.2. The number of imidazole rings is 1. The van der Waals surface area contributed by atoms with Crippen LogP contribution in [0, 0.1) is 0 Å². The van der Waals surface area contributed by atoms with E-state index in [1.807, 2.05) is 33.9 Å². The van der Waals surface area contributed by atoms with E-state index < -0.39 is 26.4 Å². The van der Waals surface area contributed by atoms with E-state index in [9.17, 15) is 22.0 Å². The molecule has 1 aromatic heterocycles. The van der Waals surface area contributed by atoms with Gasteiger partial charge in [0, 0.05) is 49.3 Å². The molecule has 0 saturated carbocycles. The summed E-state index contributed by atoms with van der Waals surface area (Å²) in [6.07, 6.45) is 3.48. The van der Waals surface area contributed by atoms with Crippen molar-refractivity contribution in [3.63, 3.8) is 0 Å². The molecule has 7 nitrogen and oxygen atoms in total. The van der Waals surface area contributed by atoms with Crippen molar-refractivity contribution in [1.29, 1.82) is 0 Å². The van der Waals surface area contributed by atoms with Crippen molar-refractivity contribution >= 4 is 33.3 Å². The topological polar surface area (TPSA) is 75.5 Å². The van der Waals surface area contributed by atoms with E-state index >= 15 is 0 Å². The summed E-state index contributed by atoms with van der Waals surface area (Å²) in [5.41, 5.74) is 0.594. The highest BCUT2D eigenvalue weighted by Crippen LogP contribution is 2.25. The molecule has 2 aromatic carbocycles. The minimum Gasteiger partial charge on any atom is -0.338 e.